The Kier molecular flexibility index (Phi) is 4.99. The minimum Gasteiger partial charge on any atom is -0.495 e. The van der Waals surface area contributed by atoms with Gasteiger partial charge in [0.25, 0.3) is 10.0 Å². The van der Waals surface area contributed by atoms with E-state index in [4.69, 9.17) is 9.26 Å². The van der Waals surface area contributed by atoms with Gasteiger partial charge in [0.1, 0.15) is 10.6 Å². The number of anilines is 1. The van der Waals surface area contributed by atoms with Crippen molar-refractivity contribution in [2.45, 2.75) is 24.7 Å². The molecule has 3 rings (SSSR count). The van der Waals surface area contributed by atoms with Gasteiger partial charge in [0.2, 0.25) is 0 Å². The van der Waals surface area contributed by atoms with Crippen molar-refractivity contribution in [2.24, 2.45) is 0 Å². The standard InChI is InChI=1S/C19H20N2O4S/c1-13(2)14-4-7-16(8-5-14)21-26(22,23)19-9-6-15(12-18(19)24-3)17-10-11-20-25-17/h4-13,21H,1-3H3. The Morgan fingerprint density at radius 1 is 1.08 bits per heavy atom. The summed E-state index contributed by atoms with van der Waals surface area (Å²) in [6.45, 7) is 4.17. The summed E-state index contributed by atoms with van der Waals surface area (Å²) in [7, 11) is -2.37. The number of sulfonamides is 1. The Hall–Kier alpha value is -2.80. The molecule has 136 valence electrons. The molecule has 0 saturated carbocycles. The summed E-state index contributed by atoms with van der Waals surface area (Å²) < 4.78 is 38.5. The van der Waals surface area contributed by atoms with E-state index >= 15 is 0 Å². The first-order valence-corrected chi connectivity index (χ1v) is 9.61. The second-order valence-corrected chi connectivity index (χ2v) is 7.78. The number of nitrogens with zero attached hydrogens (tertiary/aromatic N) is 1. The molecule has 1 aromatic heterocycles. The highest BCUT2D eigenvalue weighted by Gasteiger charge is 2.21. The third-order valence-electron chi connectivity index (χ3n) is 4.01. The van der Waals surface area contributed by atoms with Gasteiger partial charge in [-0.05, 0) is 41.8 Å². The number of hydrogen-bond donors (Lipinski definition) is 1. The van der Waals surface area contributed by atoms with Crippen molar-refractivity contribution in [3.63, 3.8) is 0 Å². The summed E-state index contributed by atoms with van der Waals surface area (Å²) in [5.41, 5.74) is 2.32. The highest BCUT2D eigenvalue weighted by molar-refractivity contribution is 7.92. The quantitative estimate of drug-likeness (QED) is 0.699. The van der Waals surface area contributed by atoms with Crippen LogP contribution in [0.1, 0.15) is 25.3 Å². The SMILES string of the molecule is COc1cc(-c2ccno2)ccc1S(=O)(=O)Nc1ccc(C(C)C)cc1. The zero-order valence-corrected chi connectivity index (χ0v) is 15.6. The molecule has 0 bridgehead atoms. The van der Waals surface area contributed by atoms with Gasteiger partial charge in [-0.25, -0.2) is 8.42 Å². The van der Waals surface area contributed by atoms with E-state index in [1.807, 2.05) is 12.1 Å². The van der Waals surface area contributed by atoms with Crippen molar-refractivity contribution in [3.05, 3.63) is 60.3 Å². The summed E-state index contributed by atoms with van der Waals surface area (Å²) in [4.78, 5) is 0.0520. The molecule has 0 unspecified atom stereocenters. The van der Waals surface area contributed by atoms with Gasteiger partial charge in [0, 0.05) is 17.3 Å². The molecule has 0 aliphatic rings. The summed E-state index contributed by atoms with van der Waals surface area (Å²) in [5, 5.41) is 3.65. The van der Waals surface area contributed by atoms with E-state index in [2.05, 4.69) is 23.7 Å². The molecule has 1 N–H and O–H groups in total. The Morgan fingerprint density at radius 2 is 1.81 bits per heavy atom. The molecule has 2 aromatic carbocycles. The minimum absolute atomic E-state index is 0.0520. The number of ether oxygens (including phenoxy) is 1. The van der Waals surface area contributed by atoms with E-state index in [-0.39, 0.29) is 10.6 Å². The molecular weight excluding hydrogens is 352 g/mol. The fourth-order valence-corrected chi connectivity index (χ4v) is 3.76. The first-order chi connectivity index (χ1) is 12.4. The van der Waals surface area contributed by atoms with Gasteiger partial charge in [0.15, 0.2) is 5.76 Å². The molecule has 0 radical (unpaired) electrons. The second-order valence-electron chi connectivity index (χ2n) is 6.12. The zero-order valence-electron chi connectivity index (χ0n) is 14.8. The van der Waals surface area contributed by atoms with E-state index in [0.29, 0.717) is 22.9 Å². The van der Waals surface area contributed by atoms with Crippen molar-refractivity contribution in [1.29, 1.82) is 0 Å². The van der Waals surface area contributed by atoms with Crippen molar-refractivity contribution in [2.75, 3.05) is 11.8 Å². The summed E-state index contributed by atoms with van der Waals surface area (Å²) >= 11 is 0. The van der Waals surface area contributed by atoms with Gasteiger partial charge in [-0.3, -0.25) is 4.72 Å². The fraction of sp³-hybridized carbons (Fsp3) is 0.211. The molecule has 7 heteroatoms. The van der Waals surface area contributed by atoms with Crippen LogP contribution in [0, 0.1) is 0 Å². The molecule has 0 aliphatic heterocycles. The third kappa shape index (κ3) is 3.72. The highest BCUT2D eigenvalue weighted by Crippen LogP contribution is 2.31. The van der Waals surface area contributed by atoms with Crippen LogP contribution in [-0.2, 0) is 10.0 Å². The molecule has 26 heavy (non-hydrogen) atoms. The van der Waals surface area contributed by atoms with E-state index in [1.165, 1.54) is 19.4 Å². The lowest BCUT2D eigenvalue weighted by molar-refractivity contribution is 0.402. The van der Waals surface area contributed by atoms with Crippen molar-refractivity contribution < 1.29 is 17.7 Å². The van der Waals surface area contributed by atoms with E-state index in [9.17, 15) is 8.42 Å². The molecule has 0 saturated heterocycles. The molecule has 0 aliphatic carbocycles. The van der Waals surface area contributed by atoms with Crippen molar-refractivity contribution >= 4 is 15.7 Å². The summed E-state index contributed by atoms with van der Waals surface area (Å²) in [6, 6.07) is 13.8. The van der Waals surface area contributed by atoms with Crippen LogP contribution in [0.3, 0.4) is 0 Å². The van der Waals surface area contributed by atoms with Gasteiger partial charge < -0.3 is 9.26 Å². The smallest absolute Gasteiger partial charge is 0.265 e. The first kappa shape index (κ1) is 18.0. The van der Waals surface area contributed by atoms with E-state index < -0.39 is 10.0 Å². The number of aromatic nitrogens is 1. The zero-order chi connectivity index (χ0) is 18.7. The van der Waals surface area contributed by atoms with Crippen LogP contribution in [0.5, 0.6) is 5.75 Å². The highest BCUT2D eigenvalue weighted by atomic mass is 32.2. The average Bonchev–Trinajstić information content (AvgIpc) is 3.16. The maximum absolute atomic E-state index is 12.8. The van der Waals surface area contributed by atoms with Crippen LogP contribution >= 0.6 is 0 Å². The lowest BCUT2D eigenvalue weighted by Crippen LogP contribution is -2.14. The van der Waals surface area contributed by atoms with E-state index in [1.54, 1.807) is 30.3 Å². The number of hydrogen-bond acceptors (Lipinski definition) is 5. The van der Waals surface area contributed by atoms with Crippen LogP contribution in [0.15, 0.2) is 64.1 Å². The molecule has 0 spiro atoms. The second kappa shape index (κ2) is 7.21. The van der Waals surface area contributed by atoms with Gasteiger partial charge in [-0.15, -0.1) is 0 Å². The minimum atomic E-state index is -3.80. The maximum Gasteiger partial charge on any atom is 0.265 e. The topological polar surface area (TPSA) is 81.4 Å². The normalized spacial score (nSPS) is 11.5. The van der Waals surface area contributed by atoms with E-state index in [0.717, 1.165) is 5.56 Å². The monoisotopic (exact) mass is 372 g/mol. The number of rotatable bonds is 6. The molecular formula is C19H20N2O4S. The maximum atomic E-state index is 12.8. The average molecular weight is 372 g/mol. The Morgan fingerprint density at radius 3 is 2.38 bits per heavy atom. The fourth-order valence-electron chi connectivity index (χ4n) is 2.55. The third-order valence-corrected chi connectivity index (χ3v) is 5.43. The van der Waals surface area contributed by atoms with Gasteiger partial charge in [-0.2, -0.15) is 0 Å². The molecule has 0 amide bonds. The molecule has 0 atom stereocenters. The van der Waals surface area contributed by atoms with Crippen molar-refractivity contribution in [3.8, 4) is 17.1 Å². The largest absolute Gasteiger partial charge is 0.495 e. The molecule has 3 aromatic rings. The predicted octanol–water partition coefficient (Wildman–Crippen LogP) is 4.27. The predicted molar refractivity (Wildman–Crippen MR) is 99.8 cm³/mol. The molecule has 0 fully saturated rings. The van der Waals surface area contributed by atoms with Gasteiger partial charge >= 0.3 is 0 Å². The summed E-state index contributed by atoms with van der Waals surface area (Å²) in [5.74, 6) is 1.14. The van der Waals surface area contributed by atoms with Crippen LogP contribution in [0.25, 0.3) is 11.3 Å². The Bertz CT molecular complexity index is 979. The first-order valence-electron chi connectivity index (χ1n) is 8.12. The number of methoxy groups -OCH3 is 1. The Labute approximate surface area is 152 Å². The summed E-state index contributed by atoms with van der Waals surface area (Å²) in [6.07, 6.45) is 1.52. The molecule has 1 heterocycles. The van der Waals surface area contributed by atoms with Crippen LogP contribution < -0.4 is 9.46 Å². The lowest BCUT2D eigenvalue weighted by Gasteiger charge is -2.13. The van der Waals surface area contributed by atoms with Crippen LogP contribution in [0.2, 0.25) is 0 Å². The van der Waals surface area contributed by atoms with Crippen LogP contribution in [0.4, 0.5) is 5.69 Å². The van der Waals surface area contributed by atoms with Gasteiger partial charge in [-0.1, -0.05) is 31.1 Å². The number of nitrogens with one attached hydrogen (secondary N) is 1. The van der Waals surface area contributed by atoms with Crippen LogP contribution in [-0.4, -0.2) is 20.7 Å². The molecule has 6 nitrogen and oxygen atoms in total. The van der Waals surface area contributed by atoms with Crippen molar-refractivity contribution in [1.82, 2.24) is 5.16 Å². The Balaban J connectivity index is 1.91. The lowest BCUT2D eigenvalue weighted by atomic mass is 10.0. The van der Waals surface area contributed by atoms with Gasteiger partial charge in [0.05, 0.1) is 13.3 Å². The number of benzene rings is 2.